The number of aliphatic hydroxyl groups excluding tert-OH is 1. The molecule has 1 N–H and O–H groups in total. The van der Waals surface area contributed by atoms with Crippen LogP contribution in [0, 0.1) is 18.6 Å². The molecule has 5 nitrogen and oxygen atoms in total. The predicted molar refractivity (Wildman–Crippen MR) is 114 cm³/mol. The first kappa shape index (κ1) is 21.6. The van der Waals surface area contributed by atoms with Gasteiger partial charge in [0.25, 0.3) is 5.56 Å². The summed E-state index contributed by atoms with van der Waals surface area (Å²) in [5.74, 6) is -1.23. The number of halogens is 3. The lowest BCUT2D eigenvalue weighted by Crippen LogP contribution is -2.38. The number of rotatable bonds is 5. The van der Waals surface area contributed by atoms with Crippen molar-refractivity contribution in [1.29, 1.82) is 0 Å². The molecule has 2 heterocycles. The Morgan fingerprint density at radius 3 is 2.52 bits per heavy atom. The number of hydrogen-bond donors (Lipinski definition) is 1. The summed E-state index contributed by atoms with van der Waals surface area (Å²) in [6, 6.07) is 8.64. The molecule has 162 valence electrons. The summed E-state index contributed by atoms with van der Waals surface area (Å²) in [4.78, 5) is 15.2. The number of benzene rings is 2. The molecule has 1 aliphatic rings. The number of fused-ring (bicyclic) bond motifs is 1. The summed E-state index contributed by atoms with van der Waals surface area (Å²) in [5.41, 5.74) is 4.10. The van der Waals surface area contributed by atoms with Crippen molar-refractivity contribution in [3.63, 3.8) is 0 Å². The minimum absolute atomic E-state index is 0.188. The number of aliphatic hydroxyl groups is 1. The first-order chi connectivity index (χ1) is 14.8. The highest BCUT2D eigenvalue weighted by Gasteiger charge is 2.23. The van der Waals surface area contributed by atoms with Crippen LogP contribution in [0.2, 0.25) is 5.02 Å². The normalized spacial score (nSPS) is 14.0. The Bertz CT molecular complexity index is 1180. The fraction of sp³-hybridized carbons (Fsp3) is 0.304. The summed E-state index contributed by atoms with van der Waals surface area (Å²) in [7, 11) is 0. The fourth-order valence-electron chi connectivity index (χ4n) is 4.12. The third kappa shape index (κ3) is 4.69. The molecule has 0 bridgehead atoms. The van der Waals surface area contributed by atoms with Crippen LogP contribution in [-0.4, -0.2) is 26.3 Å². The number of hydrogen-bond acceptors (Lipinski definition) is 4. The highest BCUT2D eigenvalue weighted by Crippen LogP contribution is 2.22. The molecule has 0 atom stereocenters. The van der Waals surface area contributed by atoms with Gasteiger partial charge in [-0.2, -0.15) is 5.10 Å². The van der Waals surface area contributed by atoms with E-state index in [9.17, 15) is 18.7 Å². The van der Waals surface area contributed by atoms with Crippen LogP contribution in [0.3, 0.4) is 0 Å². The van der Waals surface area contributed by atoms with Crippen molar-refractivity contribution in [2.24, 2.45) is 0 Å². The molecule has 0 unspecified atom stereocenters. The van der Waals surface area contributed by atoms with Gasteiger partial charge in [-0.3, -0.25) is 9.69 Å². The molecule has 0 aliphatic carbocycles. The van der Waals surface area contributed by atoms with Gasteiger partial charge < -0.3 is 5.11 Å². The van der Waals surface area contributed by atoms with Crippen LogP contribution in [0.1, 0.15) is 33.5 Å². The van der Waals surface area contributed by atoms with Crippen LogP contribution in [0.25, 0.3) is 0 Å². The molecule has 8 heteroatoms. The second-order valence-corrected chi connectivity index (χ2v) is 8.25. The van der Waals surface area contributed by atoms with Crippen molar-refractivity contribution in [2.75, 3.05) is 6.54 Å². The molecule has 2 aromatic carbocycles. The highest BCUT2D eigenvalue weighted by atomic mass is 35.5. The van der Waals surface area contributed by atoms with Crippen molar-refractivity contribution in [1.82, 2.24) is 14.7 Å². The molecule has 3 aromatic rings. The molecule has 0 saturated carbocycles. The number of aromatic nitrogens is 2. The lowest BCUT2D eigenvalue weighted by Gasteiger charge is -2.29. The Hall–Kier alpha value is -2.61. The molecule has 1 aromatic heterocycles. The summed E-state index contributed by atoms with van der Waals surface area (Å²) < 4.78 is 28.5. The van der Waals surface area contributed by atoms with Crippen LogP contribution in [0.4, 0.5) is 8.78 Å². The number of aryl methyl sites for hydroxylation is 1. The van der Waals surface area contributed by atoms with E-state index in [2.05, 4.69) is 5.10 Å². The average molecular weight is 446 g/mol. The van der Waals surface area contributed by atoms with Gasteiger partial charge in [-0.15, -0.1) is 0 Å². The fourth-order valence-corrected chi connectivity index (χ4v) is 4.31. The van der Waals surface area contributed by atoms with Gasteiger partial charge in [0.15, 0.2) is 0 Å². The first-order valence-electron chi connectivity index (χ1n) is 9.99. The monoisotopic (exact) mass is 445 g/mol. The minimum atomic E-state index is -0.613. The van der Waals surface area contributed by atoms with E-state index >= 15 is 0 Å². The van der Waals surface area contributed by atoms with E-state index in [1.807, 2.05) is 11.8 Å². The Morgan fingerprint density at radius 2 is 1.81 bits per heavy atom. The van der Waals surface area contributed by atoms with E-state index in [1.165, 1.54) is 16.8 Å². The second-order valence-electron chi connectivity index (χ2n) is 7.81. The summed E-state index contributed by atoms with van der Waals surface area (Å²) in [6.07, 6.45) is 0.644. The third-order valence-electron chi connectivity index (χ3n) is 5.61. The van der Waals surface area contributed by atoms with Crippen molar-refractivity contribution < 1.29 is 13.9 Å². The molecule has 0 amide bonds. The van der Waals surface area contributed by atoms with E-state index in [0.717, 1.165) is 22.9 Å². The SMILES string of the molecule is Cc1nn(Cc2ccc(Cl)cc2CO)c(=O)c2c1CCN(Cc1cc(F)cc(F)c1)C2. The van der Waals surface area contributed by atoms with Crippen LogP contribution in [0.5, 0.6) is 0 Å². The highest BCUT2D eigenvalue weighted by molar-refractivity contribution is 6.30. The maximum absolute atomic E-state index is 13.5. The van der Waals surface area contributed by atoms with E-state index < -0.39 is 11.6 Å². The Morgan fingerprint density at radius 1 is 1.06 bits per heavy atom. The topological polar surface area (TPSA) is 58.4 Å². The van der Waals surface area contributed by atoms with E-state index in [0.29, 0.717) is 47.8 Å². The van der Waals surface area contributed by atoms with Gasteiger partial charge in [-0.25, -0.2) is 13.5 Å². The lowest BCUT2D eigenvalue weighted by atomic mass is 9.99. The summed E-state index contributed by atoms with van der Waals surface area (Å²) in [6.45, 7) is 3.30. The minimum Gasteiger partial charge on any atom is -0.392 e. The quantitative estimate of drug-likeness (QED) is 0.652. The van der Waals surface area contributed by atoms with Crippen molar-refractivity contribution in [2.45, 2.75) is 39.6 Å². The Kier molecular flexibility index (Phi) is 6.18. The predicted octanol–water partition coefficient (Wildman–Crippen LogP) is 3.58. The standard InChI is InChI=1S/C23H22ClF2N3O2/c1-14-21-4-5-28(10-15-6-19(25)9-20(26)7-15)12-22(21)23(31)29(27-14)11-16-2-3-18(24)8-17(16)13-30/h2-3,6-9,30H,4-5,10-13H2,1H3. The van der Waals surface area contributed by atoms with Crippen LogP contribution >= 0.6 is 11.6 Å². The molecule has 0 spiro atoms. The zero-order valence-corrected chi connectivity index (χ0v) is 17.8. The average Bonchev–Trinajstić information content (AvgIpc) is 2.72. The largest absolute Gasteiger partial charge is 0.392 e. The molecule has 0 saturated heterocycles. The molecule has 0 radical (unpaired) electrons. The molecule has 0 fully saturated rings. The van der Waals surface area contributed by atoms with Gasteiger partial charge in [0.2, 0.25) is 0 Å². The second kappa shape index (κ2) is 8.86. The Balaban J connectivity index is 1.62. The Labute approximate surface area is 183 Å². The summed E-state index contributed by atoms with van der Waals surface area (Å²) in [5, 5.41) is 14.6. The number of nitrogens with zero attached hydrogens (tertiary/aromatic N) is 3. The lowest BCUT2D eigenvalue weighted by molar-refractivity contribution is 0.241. The van der Waals surface area contributed by atoms with E-state index in [4.69, 9.17) is 11.6 Å². The van der Waals surface area contributed by atoms with Gasteiger partial charge in [-0.05, 0) is 59.9 Å². The summed E-state index contributed by atoms with van der Waals surface area (Å²) >= 11 is 6.00. The van der Waals surface area contributed by atoms with Crippen molar-refractivity contribution in [3.05, 3.63) is 96.9 Å². The van der Waals surface area contributed by atoms with Gasteiger partial charge in [-0.1, -0.05) is 17.7 Å². The van der Waals surface area contributed by atoms with Crippen molar-refractivity contribution >= 4 is 11.6 Å². The van der Waals surface area contributed by atoms with Gasteiger partial charge in [0, 0.05) is 36.3 Å². The maximum atomic E-state index is 13.5. The zero-order valence-electron chi connectivity index (χ0n) is 17.0. The third-order valence-corrected chi connectivity index (χ3v) is 5.85. The van der Waals surface area contributed by atoms with E-state index in [1.54, 1.807) is 18.2 Å². The van der Waals surface area contributed by atoms with Crippen LogP contribution in [-0.2, 0) is 32.7 Å². The molecular formula is C23H22ClF2N3O2. The molecule has 31 heavy (non-hydrogen) atoms. The molecule has 1 aliphatic heterocycles. The van der Waals surface area contributed by atoms with Gasteiger partial charge in [0.1, 0.15) is 11.6 Å². The van der Waals surface area contributed by atoms with Crippen LogP contribution < -0.4 is 5.56 Å². The van der Waals surface area contributed by atoms with Gasteiger partial charge in [0.05, 0.1) is 18.8 Å². The zero-order chi connectivity index (χ0) is 22.1. The van der Waals surface area contributed by atoms with Crippen molar-refractivity contribution in [3.8, 4) is 0 Å². The molecule has 4 rings (SSSR count). The smallest absolute Gasteiger partial charge is 0.271 e. The first-order valence-corrected chi connectivity index (χ1v) is 10.4. The van der Waals surface area contributed by atoms with E-state index in [-0.39, 0.29) is 18.7 Å². The van der Waals surface area contributed by atoms with Crippen LogP contribution in [0.15, 0.2) is 41.2 Å². The van der Waals surface area contributed by atoms with Gasteiger partial charge >= 0.3 is 0 Å². The maximum Gasteiger partial charge on any atom is 0.271 e. The molecular weight excluding hydrogens is 424 g/mol.